The second-order valence-electron chi connectivity index (χ2n) is 5.89. The molecular formula is C18H20N4O4S. The molecule has 142 valence electrons. The van der Waals surface area contributed by atoms with Gasteiger partial charge in [0.05, 0.1) is 18.1 Å². The van der Waals surface area contributed by atoms with Crippen molar-refractivity contribution < 1.29 is 9.53 Å². The number of aromatic amines is 1. The average molecular weight is 388 g/mol. The van der Waals surface area contributed by atoms with Crippen LogP contribution in [0, 0.1) is 0 Å². The van der Waals surface area contributed by atoms with Gasteiger partial charge in [0.1, 0.15) is 5.82 Å². The lowest BCUT2D eigenvalue weighted by Gasteiger charge is -2.09. The maximum atomic E-state index is 12.4. The van der Waals surface area contributed by atoms with Crippen LogP contribution in [0.5, 0.6) is 0 Å². The first kappa shape index (κ1) is 19.0. The molecule has 0 radical (unpaired) electrons. The van der Waals surface area contributed by atoms with Gasteiger partial charge in [-0.15, -0.1) is 11.8 Å². The number of hydrogen-bond acceptors (Lipinski definition) is 6. The number of nitrogens with one attached hydrogen (secondary N) is 1. The van der Waals surface area contributed by atoms with E-state index in [9.17, 15) is 14.4 Å². The number of ether oxygens (including phenoxy) is 1. The summed E-state index contributed by atoms with van der Waals surface area (Å²) in [6.45, 7) is 2.53. The summed E-state index contributed by atoms with van der Waals surface area (Å²) in [5, 5.41) is 0. The standard InChI is InChI=1S/C18H20N4O4S/c1-3-26-14(23)11-27-10-13-19-16-15(17(24)20-18(25)21(16)2)22(13)9-12-7-5-4-6-8-12/h4-8H,3,9-11H2,1-2H3,(H,20,24,25). The summed E-state index contributed by atoms with van der Waals surface area (Å²) in [6.07, 6.45) is 0. The highest BCUT2D eigenvalue weighted by Gasteiger charge is 2.18. The van der Waals surface area contributed by atoms with Crippen molar-refractivity contribution in [2.45, 2.75) is 19.2 Å². The zero-order valence-corrected chi connectivity index (χ0v) is 15.9. The summed E-state index contributed by atoms with van der Waals surface area (Å²) in [5.74, 6) is 0.930. The van der Waals surface area contributed by atoms with Crippen LogP contribution in [-0.4, -0.2) is 37.4 Å². The van der Waals surface area contributed by atoms with E-state index in [0.29, 0.717) is 35.9 Å². The fourth-order valence-electron chi connectivity index (χ4n) is 2.75. The third-order valence-corrected chi connectivity index (χ3v) is 4.93. The summed E-state index contributed by atoms with van der Waals surface area (Å²) in [4.78, 5) is 42.7. The van der Waals surface area contributed by atoms with E-state index in [0.717, 1.165) is 5.56 Å². The number of H-pyrrole nitrogens is 1. The Morgan fingerprint density at radius 1 is 1.26 bits per heavy atom. The number of carbonyl (C=O) groups is 1. The minimum Gasteiger partial charge on any atom is -0.465 e. The third kappa shape index (κ3) is 4.13. The summed E-state index contributed by atoms with van der Waals surface area (Å²) in [5.41, 5.74) is 0.682. The molecule has 0 bridgehead atoms. The van der Waals surface area contributed by atoms with Gasteiger partial charge in [0.15, 0.2) is 11.2 Å². The average Bonchev–Trinajstić information content (AvgIpc) is 3.00. The van der Waals surface area contributed by atoms with Crippen LogP contribution in [0.25, 0.3) is 11.2 Å². The van der Waals surface area contributed by atoms with E-state index in [-0.39, 0.29) is 11.7 Å². The summed E-state index contributed by atoms with van der Waals surface area (Å²) in [7, 11) is 1.57. The minimum atomic E-state index is -0.511. The van der Waals surface area contributed by atoms with Gasteiger partial charge < -0.3 is 9.30 Å². The molecule has 1 N–H and O–H groups in total. The molecule has 1 aromatic carbocycles. The smallest absolute Gasteiger partial charge is 0.329 e. The molecule has 0 aliphatic carbocycles. The van der Waals surface area contributed by atoms with Gasteiger partial charge in [0, 0.05) is 13.6 Å². The fourth-order valence-corrected chi connectivity index (χ4v) is 3.51. The molecule has 27 heavy (non-hydrogen) atoms. The van der Waals surface area contributed by atoms with Crippen molar-refractivity contribution in [1.29, 1.82) is 0 Å². The molecule has 0 fully saturated rings. The molecule has 3 aromatic rings. The Labute approximate surface area is 159 Å². The van der Waals surface area contributed by atoms with Crippen LogP contribution in [-0.2, 0) is 28.9 Å². The van der Waals surface area contributed by atoms with Crippen LogP contribution in [0.2, 0.25) is 0 Å². The van der Waals surface area contributed by atoms with Crippen molar-refractivity contribution in [3.8, 4) is 0 Å². The molecule has 0 aliphatic heterocycles. The van der Waals surface area contributed by atoms with Crippen LogP contribution in [0.4, 0.5) is 0 Å². The number of carbonyl (C=O) groups excluding carboxylic acids is 1. The topological polar surface area (TPSA) is 99.0 Å². The molecule has 0 atom stereocenters. The number of imidazole rings is 1. The van der Waals surface area contributed by atoms with E-state index < -0.39 is 11.2 Å². The largest absolute Gasteiger partial charge is 0.465 e. The second-order valence-corrected chi connectivity index (χ2v) is 6.87. The molecule has 0 spiro atoms. The van der Waals surface area contributed by atoms with Crippen molar-refractivity contribution in [2.75, 3.05) is 12.4 Å². The maximum Gasteiger partial charge on any atom is 0.329 e. The molecule has 0 amide bonds. The zero-order valence-electron chi connectivity index (χ0n) is 15.1. The van der Waals surface area contributed by atoms with Gasteiger partial charge in [-0.25, -0.2) is 9.78 Å². The highest BCUT2D eigenvalue weighted by molar-refractivity contribution is 7.99. The van der Waals surface area contributed by atoms with Gasteiger partial charge in [-0.3, -0.25) is 19.1 Å². The highest BCUT2D eigenvalue weighted by Crippen LogP contribution is 2.18. The molecule has 0 saturated heterocycles. The van der Waals surface area contributed by atoms with Crippen LogP contribution in [0.1, 0.15) is 18.3 Å². The number of hydrogen-bond donors (Lipinski definition) is 1. The quantitative estimate of drug-likeness (QED) is 0.612. The van der Waals surface area contributed by atoms with E-state index >= 15 is 0 Å². The molecule has 2 heterocycles. The summed E-state index contributed by atoms with van der Waals surface area (Å²) < 4.78 is 8.04. The fraction of sp³-hybridized carbons (Fsp3) is 0.333. The zero-order chi connectivity index (χ0) is 19.4. The number of benzene rings is 1. The van der Waals surface area contributed by atoms with E-state index in [1.165, 1.54) is 16.3 Å². The first-order chi connectivity index (χ1) is 13.0. The second kappa shape index (κ2) is 8.26. The number of aryl methyl sites for hydroxylation is 1. The lowest BCUT2D eigenvalue weighted by atomic mass is 10.2. The van der Waals surface area contributed by atoms with Crippen molar-refractivity contribution in [3.05, 3.63) is 62.6 Å². The Bertz CT molecular complexity index is 1070. The van der Waals surface area contributed by atoms with Crippen molar-refractivity contribution in [2.24, 2.45) is 7.05 Å². The first-order valence-corrected chi connectivity index (χ1v) is 9.62. The predicted octanol–water partition coefficient (Wildman–Crippen LogP) is 1.27. The van der Waals surface area contributed by atoms with Crippen molar-refractivity contribution in [3.63, 3.8) is 0 Å². The van der Waals surface area contributed by atoms with Gasteiger partial charge >= 0.3 is 11.7 Å². The van der Waals surface area contributed by atoms with E-state index in [1.54, 1.807) is 18.5 Å². The monoisotopic (exact) mass is 388 g/mol. The van der Waals surface area contributed by atoms with E-state index in [1.807, 2.05) is 30.3 Å². The molecule has 2 aromatic heterocycles. The lowest BCUT2D eigenvalue weighted by molar-refractivity contribution is -0.139. The Balaban J connectivity index is 2.00. The number of fused-ring (bicyclic) bond motifs is 1. The van der Waals surface area contributed by atoms with Gasteiger partial charge in [0.25, 0.3) is 5.56 Å². The maximum absolute atomic E-state index is 12.4. The normalized spacial score (nSPS) is 11.0. The van der Waals surface area contributed by atoms with Crippen molar-refractivity contribution in [1.82, 2.24) is 19.1 Å². The lowest BCUT2D eigenvalue weighted by Crippen LogP contribution is -2.29. The highest BCUT2D eigenvalue weighted by atomic mass is 32.2. The molecule has 0 saturated carbocycles. The Kier molecular flexibility index (Phi) is 5.80. The number of rotatable bonds is 7. The van der Waals surface area contributed by atoms with Gasteiger partial charge in [0.2, 0.25) is 0 Å². The molecule has 9 heteroatoms. The molecular weight excluding hydrogens is 368 g/mol. The van der Waals surface area contributed by atoms with Gasteiger partial charge in [-0.1, -0.05) is 30.3 Å². The van der Waals surface area contributed by atoms with Gasteiger partial charge in [-0.2, -0.15) is 0 Å². The van der Waals surface area contributed by atoms with E-state index in [4.69, 9.17) is 4.74 Å². The number of aromatic nitrogens is 4. The summed E-state index contributed by atoms with van der Waals surface area (Å²) >= 11 is 1.35. The molecule has 0 unspecified atom stereocenters. The Morgan fingerprint density at radius 3 is 2.70 bits per heavy atom. The summed E-state index contributed by atoms with van der Waals surface area (Å²) in [6, 6.07) is 9.67. The number of esters is 1. The van der Waals surface area contributed by atoms with Crippen LogP contribution in [0.15, 0.2) is 39.9 Å². The molecule has 3 rings (SSSR count). The molecule has 0 aliphatic rings. The van der Waals surface area contributed by atoms with Crippen LogP contribution < -0.4 is 11.2 Å². The Hall–Kier alpha value is -2.81. The number of nitrogens with zero attached hydrogens (tertiary/aromatic N) is 3. The SMILES string of the molecule is CCOC(=O)CSCc1nc2c(c(=O)[nH]c(=O)n2C)n1Cc1ccccc1. The Morgan fingerprint density at radius 2 is 2.00 bits per heavy atom. The van der Waals surface area contributed by atoms with Crippen LogP contribution in [0.3, 0.4) is 0 Å². The van der Waals surface area contributed by atoms with Crippen LogP contribution >= 0.6 is 11.8 Å². The predicted molar refractivity (Wildman–Crippen MR) is 104 cm³/mol. The van der Waals surface area contributed by atoms with Crippen molar-refractivity contribution >= 4 is 28.9 Å². The van der Waals surface area contributed by atoms with E-state index in [2.05, 4.69) is 9.97 Å². The number of thioether (sulfide) groups is 1. The minimum absolute atomic E-state index is 0.192. The third-order valence-electron chi connectivity index (χ3n) is 4.03. The molecule has 8 nitrogen and oxygen atoms in total. The first-order valence-electron chi connectivity index (χ1n) is 8.47. The van der Waals surface area contributed by atoms with Gasteiger partial charge in [-0.05, 0) is 12.5 Å².